The van der Waals surface area contributed by atoms with Crippen molar-refractivity contribution in [3.8, 4) is 11.8 Å². The Hall–Kier alpha value is -2.04. The molecule has 0 bridgehead atoms. The first-order valence-corrected chi connectivity index (χ1v) is 13.7. The third kappa shape index (κ3) is 5.75. The number of carbonyl (C=O) groups is 1. The molecule has 5 rings (SSSR count). The van der Waals surface area contributed by atoms with Crippen molar-refractivity contribution in [2.45, 2.75) is 57.8 Å². The summed E-state index contributed by atoms with van der Waals surface area (Å²) in [5.41, 5.74) is 0.152. The number of rotatable bonds is 5. The summed E-state index contributed by atoms with van der Waals surface area (Å²) in [5, 5.41) is 1.35. The van der Waals surface area contributed by atoms with Gasteiger partial charge in [-0.15, -0.1) is 0 Å². The SMILES string of the molecule is CN1CC[C@@H](Oc2nc(N3CCN(C(=O)OC(C)(C)C)CC3)c3cc(Cl)c(Br)c(OC4CC4)c3n2)C1. The number of anilines is 1. The number of hydrogen-bond acceptors (Lipinski definition) is 8. The van der Waals surface area contributed by atoms with Crippen molar-refractivity contribution >= 4 is 50.3 Å². The van der Waals surface area contributed by atoms with Gasteiger partial charge in [0.15, 0.2) is 5.75 Å². The number of fused-ring (bicyclic) bond motifs is 1. The van der Waals surface area contributed by atoms with E-state index >= 15 is 0 Å². The van der Waals surface area contributed by atoms with Crippen molar-refractivity contribution in [2.24, 2.45) is 0 Å². The van der Waals surface area contributed by atoms with Crippen LogP contribution in [0.2, 0.25) is 5.02 Å². The van der Waals surface area contributed by atoms with Crippen LogP contribution < -0.4 is 14.4 Å². The molecule has 3 heterocycles. The Morgan fingerprint density at radius 1 is 1.06 bits per heavy atom. The molecule has 0 N–H and O–H groups in total. The third-order valence-corrected chi connectivity index (χ3v) is 7.77. The lowest BCUT2D eigenvalue weighted by Crippen LogP contribution is -2.50. The molecule has 3 fully saturated rings. The zero-order chi connectivity index (χ0) is 25.6. The van der Waals surface area contributed by atoms with Crippen LogP contribution in [0.15, 0.2) is 10.5 Å². The largest absolute Gasteiger partial charge is 0.487 e. The van der Waals surface area contributed by atoms with Gasteiger partial charge in [-0.1, -0.05) is 11.6 Å². The fourth-order valence-electron chi connectivity index (χ4n) is 4.47. The number of carbonyl (C=O) groups excluding carboxylic acids is 1. The lowest BCUT2D eigenvalue weighted by atomic mass is 10.2. The van der Waals surface area contributed by atoms with Gasteiger partial charge in [-0.3, -0.25) is 0 Å². The maximum Gasteiger partial charge on any atom is 0.410 e. The molecule has 2 saturated heterocycles. The van der Waals surface area contributed by atoms with Gasteiger partial charge in [-0.25, -0.2) is 4.79 Å². The number of piperazine rings is 1. The van der Waals surface area contributed by atoms with E-state index in [2.05, 4.69) is 32.8 Å². The fourth-order valence-corrected chi connectivity index (χ4v) is 5.06. The minimum atomic E-state index is -0.528. The quantitative estimate of drug-likeness (QED) is 0.501. The summed E-state index contributed by atoms with van der Waals surface area (Å²) < 4.78 is 18.8. The number of nitrogens with zero attached hydrogens (tertiary/aromatic N) is 5. The molecule has 11 heteroatoms. The van der Waals surface area contributed by atoms with Crippen LogP contribution in [0.25, 0.3) is 10.9 Å². The Balaban J connectivity index is 1.47. The highest BCUT2D eigenvalue weighted by atomic mass is 79.9. The van der Waals surface area contributed by atoms with Gasteiger partial charge in [-0.05, 0) is 69.1 Å². The van der Waals surface area contributed by atoms with E-state index in [1.54, 1.807) is 4.90 Å². The summed E-state index contributed by atoms with van der Waals surface area (Å²) in [4.78, 5) is 28.4. The summed E-state index contributed by atoms with van der Waals surface area (Å²) in [7, 11) is 2.08. The van der Waals surface area contributed by atoms with Crippen LogP contribution >= 0.6 is 27.5 Å². The highest BCUT2D eigenvalue weighted by Crippen LogP contribution is 2.44. The van der Waals surface area contributed by atoms with Crippen molar-refractivity contribution in [3.63, 3.8) is 0 Å². The average molecular weight is 583 g/mol. The van der Waals surface area contributed by atoms with Crippen molar-refractivity contribution < 1.29 is 19.0 Å². The molecule has 0 radical (unpaired) electrons. The van der Waals surface area contributed by atoms with Crippen LogP contribution in [0.5, 0.6) is 11.8 Å². The zero-order valence-corrected chi connectivity index (χ0v) is 23.6. The van der Waals surface area contributed by atoms with Crippen molar-refractivity contribution in [2.75, 3.05) is 51.2 Å². The molecule has 9 nitrogen and oxygen atoms in total. The third-order valence-electron chi connectivity index (χ3n) is 6.46. The number of amides is 1. The second kappa shape index (κ2) is 10.0. The highest BCUT2D eigenvalue weighted by Gasteiger charge is 2.31. The molecule has 1 saturated carbocycles. The molecule has 0 spiro atoms. The van der Waals surface area contributed by atoms with E-state index in [4.69, 9.17) is 35.8 Å². The van der Waals surface area contributed by atoms with Gasteiger partial charge in [0.2, 0.25) is 0 Å². The van der Waals surface area contributed by atoms with Gasteiger partial charge in [0.1, 0.15) is 23.0 Å². The Morgan fingerprint density at radius 2 is 1.78 bits per heavy atom. The summed E-state index contributed by atoms with van der Waals surface area (Å²) in [5.74, 6) is 1.37. The topological polar surface area (TPSA) is 80.3 Å². The van der Waals surface area contributed by atoms with Crippen LogP contribution in [0, 0.1) is 0 Å². The van der Waals surface area contributed by atoms with Crippen LogP contribution in [0.1, 0.15) is 40.0 Å². The van der Waals surface area contributed by atoms with E-state index < -0.39 is 5.60 Å². The fraction of sp³-hybridized carbons (Fsp3) is 0.640. The Labute approximate surface area is 225 Å². The molecule has 1 aliphatic carbocycles. The smallest absolute Gasteiger partial charge is 0.410 e. The molecule has 36 heavy (non-hydrogen) atoms. The Bertz CT molecular complexity index is 1150. The van der Waals surface area contributed by atoms with Crippen molar-refractivity contribution in [1.82, 2.24) is 19.8 Å². The first-order chi connectivity index (χ1) is 17.1. The van der Waals surface area contributed by atoms with E-state index in [0.29, 0.717) is 53.0 Å². The van der Waals surface area contributed by atoms with Crippen LogP contribution in [0.3, 0.4) is 0 Å². The van der Waals surface area contributed by atoms with Crippen LogP contribution in [-0.2, 0) is 4.74 Å². The van der Waals surface area contributed by atoms with Gasteiger partial charge in [-0.2, -0.15) is 9.97 Å². The minimum absolute atomic E-state index is 0.0351. The van der Waals surface area contributed by atoms with Gasteiger partial charge in [0, 0.05) is 44.7 Å². The minimum Gasteiger partial charge on any atom is -0.487 e. The van der Waals surface area contributed by atoms with Crippen LogP contribution in [-0.4, -0.2) is 90.0 Å². The Morgan fingerprint density at radius 3 is 2.39 bits per heavy atom. The van der Waals surface area contributed by atoms with Gasteiger partial charge >= 0.3 is 12.1 Å². The van der Waals surface area contributed by atoms with E-state index in [-0.39, 0.29) is 18.3 Å². The van der Waals surface area contributed by atoms with Gasteiger partial charge in [0.25, 0.3) is 0 Å². The number of halogens is 2. The lowest BCUT2D eigenvalue weighted by molar-refractivity contribution is 0.0240. The van der Waals surface area contributed by atoms with Crippen LogP contribution in [0.4, 0.5) is 10.6 Å². The predicted molar refractivity (Wildman–Crippen MR) is 142 cm³/mol. The average Bonchev–Trinajstić information content (AvgIpc) is 3.55. The highest BCUT2D eigenvalue weighted by molar-refractivity contribution is 9.10. The first kappa shape index (κ1) is 25.6. The predicted octanol–water partition coefficient (Wildman–Crippen LogP) is 4.73. The monoisotopic (exact) mass is 581 g/mol. The summed E-state index contributed by atoms with van der Waals surface area (Å²) in [6.45, 7) is 9.70. The Kier molecular flexibility index (Phi) is 7.13. The molecular formula is C25H33BrClN5O4. The molecule has 1 amide bonds. The van der Waals surface area contributed by atoms with Gasteiger partial charge in [0.05, 0.1) is 15.6 Å². The summed E-state index contributed by atoms with van der Waals surface area (Å²) in [6, 6.07) is 2.21. The van der Waals surface area contributed by atoms with Gasteiger partial charge < -0.3 is 28.9 Å². The maximum atomic E-state index is 12.6. The summed E-state index contributed by atoms with van der Waals surface area (Å²) >= 11 is 10.2. The molecule has 2 aromatic rings. The number of ether oxygens (including phenoxy) is 3. The van der Waals surface area contributed by atoms with E-state index in [1.807, 2.05) is 26.8 Å². The molecule has 196 valence electrons. The normalized spacial score (nSPS) is 21.2. The molecule has 2 aliphatic heterocycles. The molecular weight excluding hydrogens is 550 g/mol. The molecule has 1 atom stereocenters. The number of benzene rings is 1. The molecule has 1 aromatic carbocycles. The standard InChI is InChI=1S/C25H33BrClN5O4/c1-25(2,3)36-24(33)32-11-9-31(10-12-32)22-17-13-18(27)19(26)21(34-15-5-6-15)20(17)28-23(29-22)35-16-7-8-30(4)14-16/h13,15-16H,5-12,14H2,1-4H3/t16-/m1/s1. The maximum absolute atomic E-state index is 12.6. The first-order valence-electron chi connectivity index (χ1n) is 12.5. The number of likely N-dealkylation sites (tertiary alicyclic amines) is 1. The zero-order valence-electron chi connectivity index (χ0n) is 21.2. The van der Waals surface area contributed by atoms with Crippen molar-refractivity contribution in [1.29, 1.82) is 0 Å². The number of likely N-dealkylation sites (N-methyl/N-ethyl adjacent to an activating group) is 1. The lowest BCUT2D eigenvalue weighted by Gasteiger charge is -2.36. The second-order valence-corrected chi connectivity index (χ2v) is 12.0. The molecule has 1 aromatic heterocycles. The summed E-state index contributed by atoms with van der Waals surface area (Å²) in [6.07, 6.45) is 2.87. The number of hydrogen-bond donors (Lipinski definition) is 0. The van der Waals surface area contributed by atoms with E-state index in [1.165, 1.54) is 0 Å². The molecule has 0 unspecified atom stereocenters. The van der Waals surface area contributed by atoms with E-state index in [9.17, 15) is 4.79 Å². The second-order valence-electron chi connectivity index (χ2n) is 10.8. The van der Waals surface area contributed by atoms with E-state index in [0.717, 1.165) is 43.6 Å². The van der Waals surface area contributed by atoms with Crippen molar-refractivity contribution in [3.05, 3.63) is 15.6 Å². The number of aromatic nitrogens is 2. The molecule has 3 aliphatic rings.